The SMILES string of the molecule is CC(=O)N(C1O[C@H](CO)[C@@H](O)[C@H](O[C@H](C)C(=O)O)[C@H]1N)[C@H](C(=O)N[C@@H](CCC(=O)O)C(N)=O)[C@@H](C)O. The van der Waals surface area contributed by atoms with E-state index in [0.29, 0.717) is 4.90 Å². The number of aliphatic hydroxyl groups is 3. The van der Waals surface area contributed by atoms with Gasteiger partial charge in [0, 0.05) is 13.3 Å². The fourth-order valence-corrected chi connectivity index (χ4v) is 3.74. The Hall–Kier alpha value is -2.89. The van der Waals surface area contributed by atoms with Gasteiger partial charge >= 0.3 is 11.9 Å². The third kappa shape index (κ3) is 7.81. The summed E-state index contributed by atoms with van der Waals surface area (Å²) in [4.78, 5) is 60.3. The molecule has 0 spiro atoms. The predicted octanol–water partition coefficient (Wildman–Crippen LogP) is -4.32. The van der Waals surface area contributed by atoms with Crippen molar-refractivity contribution in [2.45, 2.75) is 88.5 Å². The Morgan fingerprint density at radius 1 is 1.17 bits per heavy atom. The van der Waals surface area contributed by atoms with Crippen LogP contribution in [0, 0.1) is 0 Å². The molecule has 1 saturated heterocycles. The molecule has 16 nitrogen and oxygen atoms in total. The highest BCUT2D eigenvalue weighted by Gasteiger charge is 2.51. The molecular weight excluding hydrogens is 488 g/mol. The molecule has 1 rings (SSSR count). The van der Waals surface area contributed by atoms with Crippen LogP contribution in [0.1, 0.15) is 33.6 Å². The van der Waals surface area contributed by atoms with E-state index in [-0.39, 0.29) is 6.42 Å². The van der Waals surface area contributed by atoms with Gasteiger partial charge in [0.25, 0.3) is 0 Å². The predicted molar refractivity (Wildman–Crippen MR) is 118 cm³/mol. The minimum absolute atomic E-state index is 0.371. The van der Waals surface area contributed by atoms with E-state index in [0.717, 1.165) is 20.8 Å². The van der Waals surface area contributed by atoms with Crippen LogP contribution in [0.4, 0.5) is 0 Å². The molecule has 0 aromatic heterocycles. The van der Waals surface area contributed by atoms with Crippen LogP contribution in [-0.4, -0.2) is 122 Å². The molecule has 0 bridgehead atoms. The number of aliphatic hydroxyl groups excluding tert-OH is 3. The first-order valence-corrected chi connectivity index (χ1v) is 11.0. The number of carboxylic acids is 2. The first-order chi connectivity index (χ1) is 16.6. The van der Waals surface area contributed by atoms with Gasteiger partial charge < -0.3 is 56.7 Å². The highest BCUT2D eigenvalue weighted by Crippen LogP contribution is 2.28. The van der Waals surface area contributed by atoms with Gasteiger partial charge in [0.15, 0.2) is 12.3 Å². The van der Waals surface area contributed by atoms with Crippen LogP contribution in [-0.2, 0) is 33.4 Å². The number of hydrogen-bond acceptors (Lipinski definition) is 11. The molecule has 10 N–H and O–H groups in total. The first kappa shape index (κ1) is 31.1. The highest BCUT2D eigenvalue weighted by atomic mass is 16.6. The summed E-state index contributed by atoms with van der Waals surface area (Å²) in [6.07, 6.45) is -10.1. The maximum atomic E-state index is 13.1. The lowest BCUT2D eigenvalue weighted by molar-refractivity contribution is -0.248. The summed E-state index contributed by atoms with van der Waals surface area (Å²) in [6.45, 7) is 2.51. The molecule has 9 atom stereocenters. The number of nitrogens with one attached hydrogen (secondary N) is 1. The zero-order valence-electron chi connectivity index (χ0n) is 20.0. The Balaban J connectivity index is 3.37. The van der Waals surface area contributed by atoms with Gasteiger partial charge in [-0.05, 0) is 20.3 Å². The van der Waals surface area contributed by atoms with Crippen LogP contribution in [0.3, 0.4) is 0 Å². The van der Waals surface area contributed by atoms with Crippen molar-refractivity contribution in [1.82, 2.24) is 10.2 Å². The van der Waals surface area contributed by atoms with Crippen LogP contribution < -0.4 is 16.8 Å². The van der Waals surface area contributed by atoms with E-state index >= 15 is 0 Å². The van der Waals surface area contributed by atoms with Gasteiger partial charge in [0.05, 0.1) is 18.8 Å². The van der Waals surface area contributed by atoms with Crippen molar-refractivity contribution < 1.29 is 59.0 Å². The number of carbonyl (C=O) groups excluding carboxylic acids is 3. The van der Waals surface area contributed by atoms with E-state index in [2.05, 4.69) is 5.32 Å². The smallest absolute Gasteiger partial charge is 0.332 e. The average molecular weight is 523 g/mol. The third-order valence-corrected chi connectivity index (χ3v) is 5.60. The van der Waals surface area contributed by atoms with Gasteiger partial charge in [-0.2, -0.15) is 0 Å². The van der Waals surface area contributed by atoms with Gasteiger partial charge in [-0.1, -0.05) is 0 Å². The molecule has 0 aromatic carbocycles. The minimum atomic E-state index is -1.77. The maximum Gasteiger partial charge on any atom is 0.332 e. The molecule has 0 radical (unpaired) electrons. The van der Waals surface area contributed by atoms with E-state index in [1.54, 1.807) is 0 Å². The number of ether oxygens (including phenoxy) is 2. The number of aliphatic carboxylic acids is 2. The van der Waals surface area contributed by atoms with Gasteiger partial charge in [-0.25, -0.2) is 4.79 Å². The lowest BCUT2D eigenvalue weighted by atomic mass is 9.94. The second kappa shape index (κ2) is 13.4. The Labute approximate surface area is 206 Å². The van der Waals surface area contributed by atoms with Gasteiger partial charge in [-0.15, -0.1) is 0 Å². The Morgan fingerprint density at radius 3 is 2.17 bits per heavy atom. The van der Waals surface area contributed by atoms with Gasteiger partial charge in [-0.3, -0.25) is 19.2 Å². The van der Waals surface area contributed by atoms with E-state index in [4.69, 9.17) is 31.2 Å². The number of hydrogen-bond donors (Lipinski definition) is 8. The summed E-state index contributed by atoms with van der Waals surface area (Å²) >= 11 is 0. The summed E-state index contributed by atoms with van der Waals surface area (Å²) in [5.41, 5.74) is 11.4. The molecule has 36 heavy (non-hydrogen) atoms. The number of primary amides is 1. The molecule has 1 aliphatic heterocycles. The summed E-state index contributed by atoms with van der Waals surface area (Å²) in [5, 5.41) is 50.7. The number of carboxylic acid groups (broad SMARTS) is 2. The zero-order chi connectivity index (χ0) is 27.9. The fourth-order valence-electron chi connectivity index (χ4n) is 3.74. The summed E-state index contributed by atoms with van der Waals surface area (Å²) in [5.74, 6) is -5.68. The Bertz CT molecular complexity index is 825. The van der Waals surface area contributed by atoms with Crippen LogP contribution in [0.2, 0.25) is 0 Å². The number of nitrogens with zero attached hydrogens (tertiary/aromatic N) is 1. The molecule has 0 saturated carbocycles. The highest BCUT2D eigenvalue weighted by molar-refractivity contribution is 5.92. The topological polar surface area (TPSA) is 272 Å². The number of amides is 3. The number of nitrogens with two attached hydrogens (primary N) is 2. The van der Waals surface area contributed by atoms with Crippen molar-refractivity contribution in [3.63, 3.8) is 0 Å². The van der Waals surface area contributed by atoms with Crippen molar-refractivity contribution >= 4 is 29.7 Å². The first-order valence-electron chi connectivity index (χ1n) is 11.0. The molecule has 0 aliphatic carbocycles. The zero-order valence-corrected chi connectivity index (χ0v) is 20.0. The van der Waals surface area contributed by atoms with E-state index in [9.17, 15) is 39.3 Å². The molecule has 0 aromatic rings. The number of rotatable bonds is 13. The summed E-state index contributed by atoms with van der Waals surface area (Å²) in [7, 11) is 0. The minimum Gasteiger partial charge on any atom is -0.481 e. The molecule has 206 valence electrons. The lowest BCUT2D eigenvalue weighted by Gasteiger charge is -2.48. The van der Waals surface area contributed by atoms with Crippen molar-refractivity contribution in [1.29, 1.82) is 0 Å². The van der Waals surface area contributed by atoms with Crippen molar-refractivity contribution in [2.24, 2.45) is 11.5 Å². The normalized spacial score (nSPS) is 27.2. The molecule has 3 amide bonds. The Kier molecular flexibility index (Phi) is 11.6. The lowest BCUT2D eigenvalue weighted by Crippen LogP contribution is -2.71. The van der Waals surface area contributed by atoms with Crippen LogP contribution >= 0.6 is 0 Å². The van der Waals surface area contributed by atoms with E-state index in [1.807, 2.05) is 0 Å². The second-order valence-corrected chi connectivity index (χ2v) is 8.40. The Morgan fingerprint density at radius 2 is 1.75 bits per heavy atom. The molecule has 1 aliphatic rings. The second-order valence-electron chi connectivity index (χ2n) is 8.40. The molecule has 1 unspecified atom stereocenters. The molecular formula is C20H34N4O12. The molecule has 1 heterocycles. The molecule has 1 fully saturated rings. The van der Waals surface area contributed by atoms with Crippen LogP contribution in [0.5, 0.6) is 0 Å². The van der Waals surface area contributed by atoms with Crippen LogP contribution in [0.15, 0.2) is 0 Å². The summed E-state index contributed by atoms with van der Waals surface area (Å²) in [6, 6.07) is -4.69. The van der Waals surface area contributed by atoms with Crippen molar-refractivity contribution in [3.05, 3.63) is 0 Å². The van der Waals surface area contributed by atoms with Crippen LogP contribution in [0.25, 0.3) is 0 Å². The van der Waals surface area contributed by atoms with Crippen molar-refractivity contribution in [3.8, 4) is 0 Å². The van der Waals surface area contributed by atoms with Gasteiger partial charge in [0.2, 0.25) is 17.7 Å². The fraction of sp³-hybridized carbons (Fsp3) is 0.750. The van der Waals surface area contributed by atoms with E-state index < -0.39 is 97.6 Å². The molecule has 16 heteroatoms. The van der Waals surface area contributed by atoms with Gasteiger partial charge in [0.1, 0.15) is 30.4 Å². The maximum absolute atomic E-state index is 13.1. The van der Waals surface area contributed by atoms with Crippen molar-refractivity contribution in [2.75, 3.05) is 6.61 Å². The standard InChI is InChI=1S/C20H34N4O12/c1-7(26)14(18(32)23-10(17(22)31)4-5-12(28)29)24(9(3)27)19-13(21)16(35-8(2)20(33)34)15(30)11(6-25)36-19/h7-8,10-11,13-16,19,25-26,30H,4-6,21H2,1-3H3,(H2,22,31)(H,23,32)(H,28,29)(H,33,34)/t7-,8-,10+,11-,13-,14+,15-,16-,19?/m1/s1. The largest absolute Gasteiger partial charge is 0.481 e. The quantitative estimate of drug-likeness (QED) is 0.114. The number of carbonyl (C=O) groups is 5. The third-order valence-electron chi connectivity index (χ3n) is 5.60. The monoisotopic (exact) mass is 522 g/mol. The summed E-state index contributed by atoms with van der Waals surface area (Å²) < 4.78 is 10.9. The van der Waals surface area contributed by atoms with E-state index in [1.165, 1.54) is 0 Å². The average Bonchev–Trinajstić information content (AvgIpc) is 2.77.